The third kappa shape index (κ3) is 1.82. The van der Waals surface area contributed by atoms with E-state index in [9.17, 15) is 4.79 Å². The molecule has 0 saturated carbocycles. The molecule has 0 bridgehead atoms. The number of halogens is 1. The summed E-state index contributed by atoms with van der Waals surface area (Å²) in [7, 11) is 1.57. The van der Waals surface area contributed by atoms with Crippen LogP contribution in [-0.2, 0) is 10.2 Å². The van der Waals surface area contributed by atoms with Crippen molar-refractivity contribution >= 4 is 21.9 Å². The summed E-state index contributed by atoms with van der Waals surface area (Å²) in [6.07, 6.45) is 0.388. The second-order valence-corrected chi connectivity index (χ2v) is 5.44. The SMILES string of the molecule is COc1cc(Br)cc2c1OC(=O)CC2(C)C. The van der Waals surface area contributed by atoms with Crippen molar-refractivity contribution in [3.05, 3.63) is 22.2 Å². The maximum absolute atomic E-state index is 11.5. The van der Waals surface area contributed by atoms with E-state index in [2.05, 4.69) is 15.9 Å². The molecular weight excluding hydrogens is 272 g/mol. The van der Waals surface area contributed by atoms with Gasteiger partial charge in [-0.2, -0.15) is 0 Å². The van der Waals surface area contributed by atoms with Gasteiger partial charge in [0.1, 0.15) is 0 Å². The molecule has 1 aliphatic rings. The van der Waals surface area contributed by atoms with Gasteiger partial charge in [-0.1, -0.05) is 29.8 Å². The van der Waals surface area contributed by atoms with E-state index in [-0.39, 0.29) is 11.4 Å². The third-order valence-corrected chi connectivity index (χ3v) is 3.23. The third-order valence-electron chi connectivity index (χ3n) is 2.77. The highest BCUT2D eigenvalue weighted by Gasteiger charge is 2.35. The van der Waals surface area contributed by atoms with Crippen molar-refractivity contribution in [3.8, 4) is 11.5 Å². The van der Waals surface area contributed by atoms with Gasteiger partial charge in [0.15, 0.2) is 11.5 Å². The van der Waals surface area contributed by atoms with Gasteiger partial charge < -0.3 is 9.47 Å². The van der Waals surface area contributed by atoms with Crippen LogP contribution in [0.1, 0.15) is 25.8 Å². The number of hydrogen-bond acceptors (Lipinski definition) is 3. The average Bonchev–Trinajstić information content (AvgIpc) is 2.17. The topological polar surface area (TPSA) is 35.5 Å². The molecule has 4 heteroatoms. The average molecular weight is 285 g/mol. The van der Waals surface area contributed by atoms with Crippen LogP contribution >= 0.6 is 15.9 Å². The molecule has 0 amide bonds. The van der Waals surface area contributed by atoms with Crippen molar-refractivity contribution in [1.82, 2.24) is 0 Å². The lowest BCUT2D eigenvalue weighted by molar-refractivity contribution is -0.137. The minimum absolute atomic E-state index is 0.210. The normalized spacial score (nSPS) is 17.6. The molecule has 2 rings (SSSR count). The Kier molecular flexibility index (Phi) is 2.70. The fourth-order valence-corrected chi connectivity index (χ4v) is 2.37. The molecule has 16 heavy (non-hydrogen) atoms. The summed E-state index contributed by atoms with van der Waals surface area (Å²) in [4.78, 5) is 11.5. The van der Waals surface area contributed by atoms with E-state index in [1.54, 1.807) is 13.2 Å². The van der Waals surface area contributed by atoms with Gasteiger partial charge in [-0.15, -0.1) is 0 Å². The molecular formula is C12H13BrO3. The molecule has 0 fully saturated rings. The summed E-state index contributed by atoms with van der Waals surface area (Å²) >= 11 is 3.43. The van der Waals surface area contributed by atoms with Gasteiger partial charge in [0.05, 0.1) is 13.5 Å². The summed E-state index contributed by atoms with van der Waals surface area (Å²) < 4.78 is 11.4. The van der Waals surface area contributed by atoms with E-state index >= 15 is 0 Å². The number of hydrogen-bond donors (Lipinski definition) is 0. The Balaban J connectivity index is 2.66. The number of esters is 1. The summed E-state index contributed by atoms with van der Waals surface area (Å²) in [6, 6.07) is 3.78. The maximum Gasteiger partial charge on any atom is 0.312 e. The molecule has 0 N–H and O–H groups in total. The quantitative estimate of drug-likeness (QED) is 0.587. The van der Waals surface area contributed by atoms with Crippen molar-refractivity contribution in [2.24, 2.45) is 0 Å². The molecule has 1 aromatic carbocycles. The second kappa shape index (κ2) is 3.77. The second-order valence-electron chi connectivity index (χ2n) is 4.52. The number of rotatable bonds is 1. The number of benzene rings is 1. The van der Waals surface area contributed by atoms with Gasteiger partial charge in [0.2, 0.25) is 0 Å². The highest BCUT2D eigenvalue weighted by Crippen LogP contribution is 2.45. The molecule has 1 aliphatic heterocycles. The number of methoxy groups -OCH3 is 1. The molecule has 1 aromatic rings. The first-order valence-corrected chi connectivity index (χ1v) is 5.82. The first-order valence-electron chi connectivity index (χ1n) is 5.03. The van der Waals surface area contributed by atoms with Crippen LogP contribution in [-0.4, -0.2) is 13.1 Å². The molecule has 0 aliphatic carbocycles. The lowest BCUT2D eigenvalue weighted by Crippen LogP contribution is -2.30. The molecule has 0 atom stereocenters. The number of carbonyl (C=O) groups excluding carboxylic acids is 1. The number of carbonyl (C=O) groups is 1. The van der Waals surface area contributed by atoms with Crippen LogP contribution in [0.15, 0.2) is 16.6 Å². The highest BCUT2D eigenvalue weighted by molar-refractivity contribution is 9.10. The Morgan fingerprint density at radius 1 is 1.44 bits per heavy atom. The minimum atomic E-state index is -0.221. The Hall–Kier alpha value is -1.03. The van der Waals surface area contributed by atoms with Crippen molar-refractivity contribution < 1.29 is 14.3 Å². The van der Waals surface area contributed by atoms with Crippen LogP contribution in [0.3, 0.4) is 0 Å². The minimum Gasteiger partial charge on any atom is -0.493 e. The van der Waals surface area contributed by atoms with Crippen LogP contribution in [0, 0.1) is 0 Å². The molecule has 0 radical (unpaired) electrons. The Labute approximate surface area is 103 Å². The van der Waals surface area contributed by atoms with Gasteiger partial charge in [-0.05, 0) is 12.1 Å². The number of ether oxygens (including phenoxy) is 2. The van der Waals surface area contributed by atoms with Gasteiger partial charge in [0.25, 0.3) is 0 Å². The van der Waals surface area contributed by atoms with Crippen LogP contribution in [0.5, 0.6) is 11.5 Å². The van der Waals surface area contributed by atoms with Crippen molar-refractivity contribution in [2.45, 2.75) is 25.7 Å². The van der Waals surface area contributed by atoms with E-state index < -0.39 is 0 Å². The van der Waals surface area contributed by atoms with Crippen molar-refractivity contribution in [2.75, 3.05) is 7.11 Å². The maximum atomic E-state index is 11.5. The van der Waals surface area contributed by atoms with Crippen LogP contribution < -0.4 is 9.47 Å². The van der Waals surface area contributed by atoms with E-state index in [1.807, 2.05) is 19.9 Å². The zero-order chi connectivity index (χ0) is 11.9. The summed E-state index contributed by atoms with van der Waals surface area (Å²) in [5.74, 6) is 0.926. The lowest BCUT2D eigenvalue weighted by Gasteiger charge is -2.31. The summed E-state index contributed by atoms with van der Waals surface area (Å²) in [5.41, 5.74) is 0.778. The Morgan fingerprint density at radius 2 is 2.12 bits per heavy atom. The van der Waals surface area contributed by atoms with Gasteiger partial charge in [-0.25, -0.2) is 0 Å². The predicted molar refractivity (Wildman–Crippen MR) is 64.0 cm³/mol. The van der Waals surface area contributed by atoms with Crippen molar-refractivity contribution in [1.29, 1.82) is 0 Å². The van der Waals surface area contributed by atoms with E-state index in [0.717, 1.165) is 10.0 Å². The molecule has 0 spiro atoms. The zero-order valence-corrected chi connectivity index (χ0v) is 11.1. The lowest BCUT2D eigenvalue weighted by atomic mass is 9.79. The molecule has 0 saturated heterocycles. The fourth-order valence-electron chi connectivity index (χ4n) is 1.93. The predicted octanol–water partition coefficient (Wildman–Crippen LogP) is 3.04. The molecule has 1 heterocycles. The molecule has 0 aromatic heterocycles. The van der Waals surface area contributed by atoms with Crippen molar-refractivity contribution in [3.63, 3.8) is 0 Å². The zero-order valence-electron chi connectivity index (χ0n) is 9.46. The highest BCUT2D eigenvalue weighted by atomic mass is 79.9. The monoisotopic (exact) mass is 284 g/mol. The van der Waals surface area contributed by atoms with Crippen LogP contribution in [0.2, 0.25) is 0 Å². The summed E-state index contributed by atoms with van der Waals surface area (Å²) in [6.45, 7) is 4.05. The molecule has 86 valence electrons. The van der Waals surface area contributed by atoms with Crippen LogP contribution in [0.25, 0.3) is 0 Å². The smallest absolute Gasteiger partial charge is 0.312 e. The molecule has 0 unspecified atom stereocenters. The van der Waals surface area contributed by atoms with Gasteiger partial charge >= 0.3 is 5.97 Å². The first-order chi connectivity index (χ1) is 7.44. The summed E-state index contributed by atoms with van der Waals surface area (Å²) in [5, 5.41) is 0. The van der Waals surface area contributed by atoms with E-state index in [1.165, 1.54) is 0 Å². The van der Waals surface area contributed by atoms with E-state index in [4.69, 9.17) is 9.47 Å². The van der Waals surface area contributed by atoms with E-state index in [0.29, 0.717) is 17.9 Å². The molecule has 3 nitrogen and oxygen atoms in total. The Morgan fingerprint density at radius 3 is 2.75 bits per heavy atom. The Bertz CT molecular complexity index is 452. The largest absolute Gasteiger partial charge is 0.493 e. The van der Waals surface area contributed by atoms with Gasteiger partial charge in [-0.3, -0.25) is 4.79 Å². The standard InChI is InChI=1S/C12H13BrO3/c1-12(2)6-10(14)16-11-8(12)4-7(13)5-9(11)15-3/h4-5H,6H2,1-3H3. The first kappa shape index (κ1) is 11.5. The van der Waals surface area contributed by atoms with Crippen LogP contribution in [0.4, 0.5) is 0 Å². The van der Waals surface area contributed by atoms with Gasteiger partial charge in [0, 0.05) is 15.5 Å². The fraction of sp³-hybridized carbons (Fsp3) is 0.417. The number of fused-ring (bicyclic) bond motifs is 1.